The summed E-state index contributed by atoms with van der Waals surface area (Å²) in [5.41, 5.74) is -1.02. The Morgan fingerprint density at radius 3 is 2.70 bits per heavy atom. The smallest absolute Gasteiger partial charge is 0.370 e. The maximum atomic E-state index is 13.9. The fourth-order valence-electron chi connectivity index (χ4n) is 3.82. The molecular formula is C19H21F4N3O4. The molecule has 3 aliphatic rings. The Bertz CT molecular complexity index is 828. The third-order valence-corrected chi connectivity index (χ3v) is 5.57. The van der Waals surface area contributed by atoms with Gasteiger partial charge >= 0.3 is 12.2 Å². The highest BCUT2D eigenvalue weighted by atomic mass is 19.4. The minimum absolute atomic E-state index is 0.0305. The summed E-state index contributed by atoms with van der Waals surface area (Å²) in [5.74, 6) is -1.17. The van der Waals surface area contributed by atoms with E-state index < -0.39 is 17.6 Å². The zero-order chi connectivity index (χ0) is 21.5. The van der Waals surface area contributed by atoms with Gasteiger partial charge in [0.2, 0.25) is 5.91 Å². The monoisotopic (exact) mass is 431 g/mol. The Morgan fingerprint density at radius 2 is 2.00 bits per heavy atom. The highest BCUT2D eigenvalue weighted by molar-refractivity contribution is 5.79. The number of nitrogens with zero attached hydrogens (tertiary/aromatic N) is 2. The molecule has 0 bridgehead atoms. The van der Waals surface area contributed by atoms with Crippen LogP contribution >= 0.6 is 0 Å². The van der Waals surface area contributed by atoms with Crippen LogP contribution in [-0.2, 0) is 27.1 Å². The summed E-state index contributed by atoms with van der Waals surface area (Å²) in [4.78, 5) is 27.3. The fourth-order valence-corrected chi connectivity index (χ4v) is 3.82. The number of hydrogen-bond acceptors (Lipinski definition) is 4. The molecule has 0 radical (unpaired) electrons. The molecule has 7 nitrogen and oxygen atoms in total. The number of carbonyl (C=O) groups is 2. The number of rotatable bonds is 3. The van der Waals surface area contributed by atoms with Crippen molar-refractivity contribution in [3.8, 4) is 0 Å². The van der Waals surface area contributed by atoms with Gasteiger partial charge in [-0.2, -0.15) is 13.2 Å². The van der Waals surface area contributed by atoms with Gasteiger partial charge < -0.3 is 24.6 Å². The third kappa shape index (κ3) is 4.36. The molecule has 0 aliphatic carbocycles. The number of urea groups is 1. The number of ether oxygens (including phenoxy) is 2. The molecule has 0 unspecified atom stereocenters. The van der Waals surface area contributed by atoms with Gasteiger partial charge in [-0.15, -0.1) is 0 Å². The van der Waals surface area contributed by atoms with Gasteiger partial charge in [0.05, 0.1) is 43.5 Å². The van der Waals surface area contributed by atoms with E-state index in [1.807, 2.05) is 0 Å². The quantitative estimate of drug-likeness (QED) is 0.741. The molecule has 1 aromatic carbocycles. The fraction of sp³-hybridized carbons (Fsp3) is 0.579. The number of nitrogens with one attached hydrogen (secondary N) is 1. The van der Waals surface area contributed by atoms with Gasteiger partial charge in [0.1, 0.15) is 12.4 Å². The number of benzene rings is 1. The molecule has 0 aromatic heterocycles. The normalized spacial score (nSPS) is 24.9. The van der Waals surface area contributed by atoms with E-state index in [0.717, 1.165) is 12.1 Å². The summed E-state index contributed by atoms with van der Waals surface area (Å²) >= 11 is 0. The van der Waals surface area contributed by atoms with Crippen LogP contribution in [0.1, 0.15) is 17.5 Å². The molecule has 0 spiro atoms. The topological polar surface area (TPSA) is 71.1 Å². The Kier molecular flexibility index (Phi) is 5.58. The maximum absolute atomic E-state index is 13.9. The van der Waals surface area contributed by atoms with Crippen LogP contribution < -0.4 is 5.32 Å². The van der Waals surface area contributed by atoms with Crippen LogP contribution in [0, 0.1) is 5.82 Å². The standard InChI is InChI=1S/C19H21F4N3O4/c20-14-5-12(19(21,22)23)2-1-11(14)9-29-13-6-26(7-13)18(28)25-4-3-16-15(8-25)24-17(27)10-30-16/h1-2,5,13,15-16H,3-4,6-10H2,(H,24,27)/t15-,16+/m0/s1. The Morgan fingerprint density at radius 1 is 1.23 bits per heavy atom. The number of alkyl halides is 3. The SMILES string of the molecule is O=C1CO[C@@H]2CCN(C(=O)N3CC(OCc4ccc(C(F)(F)F)cc4F)C3)C[C@@H]2N1. The average Bonchev–Trinajstić information content (AvgIpc) is 2.66. The Balaban J connectivity index is 1.23. The molecule has 164 valence electrons. The van der Waals surface area contributed by atoms with Crippen molar-refractivity contribution in [1.82, 2.24) is 15.1 Å². The van der Waals surface area contributed by atoms with Crippen molar-refractivity contribution in [3.05, 3.63) is 35.1 Å². The predicted octanol–water partition coefficient (Wildman–Crippen LogP) is 1.75. The highest BCUT2D eigenvalue weighted by Gasteiger charge is 2.40. The molecule has 1 aromatic rings. The van der Waals surface area contributed by atoms with E-state index in [1.54, 1.807) is 9.80 Å². The molecule has 3 amide bonds. The van der Waals surface area contributed by atoms with Crippen LogP contribution in [0.15, 0.2) is 18.2 Å². The third-order valence-electron chi connectivity index (χ3n) is 5.57. The second kappa shape index (κ2) is 8.03. The number of likely N-dealkylation sites (tertiary alicyclic amines) is 2. The summed E-state index contributed by atoms with van der Waals surface area (Å²) in [6.07, 6.45) is -4.36. The summed E-state index contributed by atoms with van der Waals surface area (Å²) in [5, 5.41) is 2.84. The number of fused-ring (bicyclic) bond motifs is 1. The van der Waals surface area contributed by atoms with Gasteiger partial charge in [0, 0.05) is 18.7 Å². The molecule has 1 N–H and O–H groups in total. The van der Waals surface area contributed by atoms with E-state index in [2.05, 4.69) is 5.32 Å². The number of piperidine rings is 1. The number of morpholine rings is 1. The van der Waals surface area contributed by atoms with E-state index in [9.17, 15) is 27.2 Å². The average molecular weight is 431 g/mol. The molecule has 3 aliphatic heterocycles. The number of carbonyl (C=O) groups excluding carboxylic acids is 2. The Hall–Kier alpha value is -2.40. The molecular weight excluding hydrogens is 410 g/mol. The first-order valence-corrected chi connectivity index (χ1v) is 9.63. The van der Waals surface area contributed by atoms with Gasteiger partial charge in [-0.1, -0.05) is 6.07 Å². The van der Waals surface area contributed by atoms with Crippen molar-refractivity contribution >= 4 is 11.9 Å². The van der Waals surface area contributed by atoms with Crippen LogP contribution in [0.25, 0.3) is 0 Å². The summed E-state index contributed by atoms with van der Waals surface area (Å²) in [6.45, 7) is 1.39. The lowest BCUT2D eigenvalue weighted by Crippen LogP contribution is -2.65. The van der Waals surface area contributed by atoms with Crippen molar-refractivity contribution in [1.29, 1.82) is 0 Å². The second-order valence-corrected chi connectivity index (χ2v) is 7.68. The first-order valence-electron chi connectivity index (χ1n) is 9.63. The molecule has 11 heteroatoms. The van der Waals surface area contributed by atoms with Gasteiger partial charge in [0.25, 0.3) is 0 Å². The molecule has 4 rings (SSSR count). The predicted molar refractivity (Wildman–Crippen MR) is 94.8 cm³/mol. The lowest BCUT2D eigenvalue weighted by molar-refractivity contribution is -0.140. The van der Waals surface area contributed by atoms with Gasteiger partial charge in [-0.3, -0.25) is 4.79 Å². The Labute approximate surface area is 169 Å². The maximum Gasteiger partial charge on any atom is 0.416 e. The zero-order valence-corrected chi connectivity index (χ0v) is 16.0. The zero-order valence-electron chi connectivity index (χ0n) is 16.0. The minimum atomic E-state index is -4.60. The largest absolute Gasteiger partial charge is 0.416 e. The van der Waals surface area contributed by atoms with Crippen LogP contribution in [0.3, 0.4) is 0 Å². The van der Waals surface area contributed by atoms with Crippen LogP contribution in [0.4, 0.5) is 22.4 Å². The molecule has 2 atom stereocenters. The van der Waals surface area contributed by atoms with E-state index in [0.29, 0.717) is 38.7 Å². The van der Waals surface area contributed by atoms with Crippen molar-refractivity contribution in [2.45, 2.75) is 37.5 Å². The van der Waals surface area contributed by atoms with E-state index >= 15 is 0 Å². The van der Waals surface area contributed by atoms with Gasteiger partial charge in [-0.25, -0.2) is 9.18 Å². The van der Waals surface area contributed by atoms with Crippen molar-refractivity contribution in [2.75, 3.05) is 32.8 Å². The van der Waals surface area contributed by atoms with Crippen molar-refractivity contribution in [3.63, 3.8) is 0 Å². The molecule has 3 saturated heterocycles. The molecule has 0 saturated carbocycles. The highest BCUT2D eigenvalue weighted by Crippen LogP contribution is 2.30. The minimum Gasteiger partial charge on any atom is -0.370 e. The summed E-state index contributed by atoms with van der Waals surface area (Å²) < 4.78 is 62.7. The first-order chi connectivity index (χ1) is 14.2. The molecule has 30 heavy (non-hydrogen) atoms. The number of hydrogen-bond donors (Lipinski definition) is 1. The van der Waals surface area contributed by atoms with Crippen molar-refractivity contribution in [2.24, 2.45) is 0 Å². The summed E-state index contributed by atoms with van der Waals surface area (Å²) in [6, 6.07) is 1.93. The second-order valence-electron chi connectivity index (χ2n) is 7.68. The first kappa shape index (κ1) is 20.9. The molecule has 3 heterocycles. The van der Waals surface area contributed by atoms with Crippen LogP contribution in [0.2, 0.25) is 0 Å². The van der Waals surface area contributed by atoms with Gasteiger partial charge in [-0.05, 0) is 18.6 Å². The van der Waals surface area contributed by atoms with Crippen LogP contribution in [0.5, 0.6) is 0 Å². The summed E-state index contributed by atoms with van der Waals surface area (Å²) in [7, 11) is 0. The number of halogens is 4. The van der Waals surface area contributed by atoms with E-state index in [-0.39, 0.29) is 49.0 Å². The molecule has 3 fully saturated rings. The van der Waals surface area contributed by atoms with Gasteiger partial charge in [0.15, 0.2) is 0 Å². The lowest BCUT2D eigenvalue weighted by atomic mass is 10.0. The van der Waals surface area contributed by atoms with Crippen LogP contribution in [-0.4, -0.2) is 72.8 Å². The van der Waals surface area contributed by atoms with E-state index in [4.69, 9.17) is 9.47 Å². The van der Waals surface area contributed by atoms with E-state index in [1.165, 1.54) is 0 Å². The lowest BCUT2D eigenvalue weighted by Gasteiger charge is -2.45. The van der Waals surface area contributed by atoms with Crippen molar-refractivity contribution < 1.29 is 36.6 Å². The number of amides is 3.